The van der Waals surface area contributed by atoms with Crippen LogP contribution >= 0.6 is 0 Å². The van der Waals surface area contributed by atoms with Crippen molar-refractivity contribution in [2.24, 2.45) is 0 Å². The maximum atomic E-state index is 2.54. The molecule has 202 valence electrons. The molecule has 0 aromatic heterocycles. The van der Waals surface area contributed by atoms with E-state index in [-0.39, 0.29) is 0 Å². The quantitative estimate of drug-likeness (QED) is 0.142. The molecule has 6 aromatic carbocycles. The van der Waals surface area contributed by atoms with E-state index in [1.165, 1.54) is 77.9 Å². The zero-order valence-electron chi connectivity index (χ0n) is 23.3. The zero-order chi connectivity index (χ0) is 27.9. The van der Waals surface area contributed by atoms with E-state index in [0.29, 0.717) is 29.9 Å². The van der Waals surface area contributed by atoms with Crippen LogP contribution in [0.1, 0.15) is 22.3 Å². The fourth-order valence-electron chi connectivity index (χ4n) is 6.43. The second kappa shape index (κ2) is 11.2. The molecule has 6 aromatic rings. The Labute approximate surface area is 261 Å². The minimum absolute atomic E-state index is 0.481. The van der Waals surface area contributed by atoms with E-state index in [2.05, 4.69) is 133 Å². The van der Waals surface area contributed by atoms with Gasteiger partial charge in [-0.25, -0.2) is 0 Å². The van der Waals surface area contributed by atoms with Crippen molar-refractivity contribution in [1.29, 1.82) is 0 Å². The molecule has 0 saturated carbocycles. The molecule has 0 unspecified atom stereocenters. The number of hydrogen-bond acceptors (Lipinski definition) is 0. The Balaban J connectivity index is 1.42. The summed E-state index contributed by atoms with van der Waals surface area (Å²) in [5.74, 6) is 0. The average molecular weight is 669 g/mol. The van der Waals surface area contributed by atoms with E-state index in [1.807, 2.05) is 0 Å². The van der Waals surface area contributed by atoms with Crippen molar-refractivity contribution in [3.8, 4) is 55.6 Å². The average Bonchev–Trinajstić information content (AvgIpc) is 3.05. The van der Waals surface area contributed by atoms with Crippen LogP contribution in [0.15, 0.2) is 133 Å². The second-order valence-electron chi connectivity index (χ2n) is 11.2. The molecule has 2 aliphatic rings. The Kier molecular flexibility index (Phi) is 6.95. The van der Waals surface area contributed by atoms with Gasteiger partial charge in [0.25, 0.3) is 0 Å². The van der Waals surface area contributed by atoms with Crippen LogP contribution in [0.5, 0.6) is 0 Å². The summed E-state index contributed by atoms with van der Waals surface area (Å²) in [7, 11) is 0. The summed E-state index contributed by atoms with van der Waals surface area (Å²) in [5.41, 5.74) is 19.2. The van der Waals surface area contributed by atoms with Crippen molar-refractivity contribution in [2.75, 3.05) is 0 Å². The van der Waals surface area contributed by atoms with Crippen LogP contribution in [-0.4, -0.2) is 29.9 Å². The maximum absolute atomic E-state index is 2.54. The summed E-state index contributed by atoms with van der Waals surface area (Å²) in [6.45, 7) is 0. The van der Waals surface area contributed by atoms with Gasteiger partial charge in [-0.15, -0.1) is 0 Å². The molecule has 2 heteroatoms. The number of fused-ring (bicyclic) bond motifs is 12. The standard InChI is InChI=1S/C40H30Se2/c1-2-12-35-30-10-6-11-31(21-30)38-18-17-32-22-40(38)39-20-28(24-42-25-33(35)8-1)15-16-34(39)26-41-23-27-7-5-9-29(19-27)36-13-3-4-14-37(32)36/h1-22H,23-26H2. The molecular weight excluding hydrogens is 638 g/mol. The normalized spacial score (nSPS) is 13.6. The molecule has 0 aliphatic carbocycles. The summed E-state index contributed by atoms with van der Waals surface area (Å²) in [5, 5.41) is 4.60. The Morgan fingerprint density at radius 3 is 1.67 bits per heavy atom. The van der Waals surface area contributed by atoms with Crippen LogP contribution < -0.4 is 0 Å². The van der Waals surface area contributed by atoms with Crippen molar-refractivity contribution < 1.29 is 0 Å². The molecule has 2 heterocycles. The second-order valence-corrected chi connectivity index (χ2v) is 15.4. The molecular formula is C40H30Se2. The van der Waals surface area contributed by atoms with Gasteiger partial charge in [-0.2, -0.15) is 0 Å². The number of hydrogen-bond donors (Lipinski definition) is 0. The molecule has 0 fully saturated rings. The molecule has 0 N–H and O–H groups in total. The molecule has 2 aliphatic heterocycles. The summed E-state index contributed by atoms with van der Waals surface area (Å²) in [6.07, 6.45) is 0. The fourth-order valence-corrected chi connectivity index (χ4v) is 10.6. The fraction of sp³-hybridized carbons (Fsp3) is 0.100. The summed E-state index contributed by atoms with van der Waals surface area (Å²) in [6, 6.07) is 51.1. The van der Waals surface area contributed by atoms with Gasteiger partial charge in [-0.05, 0) is 0 Å². The predicted octanol–water partition coefficient (Wildman–Crippen LogP) is 9.46. The van der Waals surface area contributed by atoms with E-state index >= 15 is 0 Å². The summed E-state index contributed by atoms with van der Waals surface area (Å²) >= 11 is 0.978. The van der Waals surface area contributed by atoms with E-state index < -0.39 is 0 Å². The third-order valence-electron chi connectivity index (χ3n) is 8.51. The van der Waals surface area contributed by atoms with Crippen molar-refractivity contribution >= 4 is 29.9 Å². The van der Waals surface area contributed by atoms with Gasteiger partial charge in [0, 0.05) is 0 Å². The van der Waals surface area contributed by atoms with Gasteiger partial charge >= 0.3 is 263 Å². The SMILES string of the molecule is c1cc2cc(c1)-c1ccccc1-c1ccc3c(c1)-c1cc(ccc1C[Se]C2)C[Se]Cc1ccccc1-c1cccc-3c1. The van der Waals surface area contributed by atoms with Gasteiger partial charge < -0.3 is 0 Å². The van der Waals surface area contributed by atoms with Crippen LogP contribution in [0, 0.1) is 0 Å². The van der Waals surface area contributed by atoms with E-state index in [9.17, 15) is 0 Å². The van der Waals surface area contributed by atoms with Crippen molar-refractivity contribution in [2.45, 2.75) is 21.3 Å². The molecule has 0 amide bonds. The van der Waals surface area contributed by atoms with E-state index in [1.54, 1.807) is 0 Å². The summed E-state index contributed by atoms with van der Waals surface area (Å²) in [4.78, 5) is 0. The number of rotatable bonds is 0. The number of benzene rings is 6. The molecule has 8 bridgehead atoms. The third kappa shape index (κ3) is 4.90. The molecule has 8 rings (SSSR count). The molecule has 42 heavy (non-hydrogen) atoms. The van der Waals surface area contributed by atoms with Crippen LogP contribution in [-0.2, 0) is 21.3 Å². The third-order valence-corrected chi connectivity index (χ3v) is 12.9. The minimum atomic E-state index is 0.481. The Morgan fingerprint density at radius 1 is 0.310 bits per heavy atom. The van der Waals surface area contributed by atoms with Crippen molar-refractivity contribution in [3.63, 3.8) is 0 Å². The predicted molar refractivity (Wildman–Crippen MR) is 180 cm³/mol. The summed E-state index contributed by atoms with van der Waals surface area (Å²) < 4.78 is 0. The van der Waals surface area contributed by atoms with Gasteiger partial charge in [-0.3, -0.25) is 0 Å². The van der Waals surface area contributed by atoms with Crippen LogP contribution in [0.2, 0.25) is 0 Å². The Hall–Kier alpha value is -3.64. The van der Waals surface area contributed by atoms with Crippen molar-refractivity contribution in [1.82, 2.24) is 0 Å². The van der Waals surface area contributed by atoms with Gasteiger partial charge in [0.15, 0.2) is 0 Å². The first-order chi connectivity index (χ1) is 20.8. The molecule has 0 saturated heterocycles. The van der Waals surface area contributed by atoms with Gasteiger partial charge in [0.1, 0.15) is 0 Å². The Bertz CT molecular complexity index is 1950. The van der Waals surface area contributed by atoms with Crippen LogP contribution in [0.4, 0.5) is 0 Å². The van der Waals surface area contributed by atoms with Crippen molar-refractivity contribution in [3.05, 3.63) is 156 Å². The first-order valence-electron chi connectivity index (χ1n) is 14.6. The molecule has 0 radical (unpaired) electrons. The van der Waals surface area contributed by atoms with Crippen LogP contribution in [0.3, 0.4) is 0 Å². The molecule has 0 nitrogen and oxygen atoms in total. The monoisotopic (exact) mass is 670 g/mol. The zero-order valence-corrected chi connectivity index (χ0v) is 26.8. The van der Waals surface area contributed by atoms with E-state index in [4.69, 9.17) is 0 Å². The molecule has 0 atom stereocenters. The first-order valence-corrected chi connectivity index (χ1v) is 19.4. The van der Waals surface area contributed by atoms with Gasteiger partial charge in [-0.1, -0.05) is 0 Å². The van der Waals surface area contributed by atoms with Gasteiger partial charge in [0.2, 0.25) is 0 Å². The van der Waals surface area contributed by atoms with E-state index in [0.717, 1.165) is 21.3 Å². The van der Waals surface area contributed by atoms with Crippen LogP contribution in [0.25, 0.3) is 55.6 Å². The molecule has 0 spiro atoms. The first kappa shape index (κ1) is 26.0. The Morgan fingerprint density at radius 2 is 0.881 bits per heavy atom. The van der Waals surface area contributed by atoms with Gasteiger partial charge in [0.05, 0.1) is 0 Å². The topological polar surface area (TPSA) is 0 Å².